The van der Waals surface area contributed by atoms with E-state index in [0.29, 0.717) is 29.2 Å². The number of rotatable bonds is 9. The number of unbranched alkanes of at least 4 members (excludes halogenated alkanes) is 3. The molecule has 28 heavy (non-hydrogen) atoms. The maximum Gasteiger partial charge on any atom is 0.331 e. The summed E-state index contributed by atoms with van der Waals surface area (Å²) in [4.78, 5) is 38.2. The first-order chi connectivity index (χ1) is 13.5. The fourth-order valence-electron chi connectivity index (χ4n) is 2.99. The number of methoxy groups -OCH3 is 3. The third-order valence-electron chi connectivity index (χ3n) is 4.46. The third kappa shape index (κ3) is 4.44. The largest absolute Gasteiger partial charge is 0.493 e. The van der Waals surface area contributed by atoms with E-state index in [1.54, 1.807) is 12.1 Å². The van der Waals surface area contributed by atoms with E-state index >= 15 is 0 Å². The van der Waals surface area contributed by atoms with Crippen LogP contribution in [-0.4, -0.2) is 50.6 Å². The average molecular weight is 390 g/mol. The van der Waals surface area contributed by atoms with Gasteiger partial charge in [-0.05, 0) is 24.6 Å². The molecule has 8 nitrogen and oxygen atoms in total. The second-order valence-electron chi connectivity index (χ2n) is 6.26. The van der Waals surface area contributed by atoms with Crippen molar-refractivity contribution in [2.75, 3.05) is 27.9 Å². The fraction of sp³-hybridized carbons (Fsp3) is 0.450. The monoisotopic (exact) mass is 390 g/mol. The molecule has 1 saturated heterocycles. The highest BCUT2D eigenvalue weighted by Crippen LogP contribution is 2.40. The van der Waals surface area contributed by atoms with Gasteiger partial charge < -0.3 is 14.2 Å². The third-order valence-corrected chi connectivity index (χ3v) is 4.46. The van der Waals surface area contributed by atoms with Gasteiger partial charge in [-0.3, -0.25) is 19.8 Å². The Morgan fingerprint density at radius 3 is 2.29 bits per heavy atom. The number of amides is 4. The summed E-state index contributed by atoms with van der Waals surface area (Å²) in [6.07, 6.45) is 5.05. The predicted octanol–water partition coefficient (Wildman–Crippen LogP) is 2.75. The van der Waals surface area contributed by atoms with E-state index in [2.05, 4.69) is 12.2 Å². The Labute approximate surface area is 164 Å². The van der Waals surface area contributed by atoms with Crippen LogP contribution in [0.25, 0.3) is 6.08 Å². The molecule has 1 aromatic carbocycles. The summed E-state index contributed by atoms with van der Waals surface area (Å²) in [6.45, 7) is 2.34. The van der Waals surface area contributed by atoms with Crippen LogP contribution in [0.4, 0.5) is 4.79 Å². The highest BCUT2D eigenvalue weighted by Gasteiger charge is 2.35. The summed E-state index contributed by atoms with van der Waals surface area (Å²) in [6, 6.07) is 2.60. The molecule has 0 saturated carbocycles. The molecule has 0 aliphatic carbocycles. The van der Waals surface area contributed by atoms with Gasteiger partial charge >= 0.3 is 6.03 Å². The van der Waals surface area contributed by atoms with Crippen LogP contribution < -0.4 is 19.5 Å². The zero-order valence-electron chi connectivity index (χ0n) is 16.7. The molecule has 2 rings (SSSR count). The molecule has 1 heterocycles. The lowest BCUT2D eigenvalue weighted by Gasteiger charge is -2.26. The lowest BCUT2D eigenvalue weighted by Crippen LogP contribution is -2.54. The second-order valence-corrected chi connectivity index (χ2v) is 6.26. The molecule has 0 spiro atoms. The van der Waals surface area contributed by atoms with Gasteiger partial charge in [0.1, 0.15) is 5.57 Å². The molecule has 1 aromatic rings. The minimum absolute atomic E-state index is 0.138. The van der Waals surface area contributed by atoms with Gasteiger partial charge in [0.25, 0.3) is 11.8 Å². The van der Waals surface area contributed by atoms with Gasteiger partial charge in [0, 0.05) is 12.1 Å². The molecule has 8 heteroatoms. The quantitative estimate of drug-likeness (QED) is 0.396. The van der Waals surface area contributed by atoms with Crippen molar-refractivity contribution in [2.45, 2.75) is 32.6 Å². The lowest BCUT2D eigenvalue weighted by atomic mass is 10.1. The van der Waals surface area contributed by atoms with E-state index in [9.17, 15) is 14.4 Å². The molecular formula is C20H26N2O6. The summed E-state index contributed by atoms with van der Waals surface area (Å²) in [5.74, 6) is -0.246. The van der Waals surface area contributed by atoms with Crippen molar-refractivity contribution in [3.63, 3.8) is 0 Å². The Morgan fingerprint density at radius 1 is 0.964 bits per heavy atom. The number of imide groups is 2. The molecular weight excluding hydrogens is 364 g/mol. The molecule has 1 aliphatic heterocycles. The van der Waals surface area contributed by atoms with Gasteiger partial charge in [0.2, 0.25) is 5.75 Å². The van der Waals surface area contributed by atoms with Gasteiger partial charge in [-0.2, -0.15) is 0 Å². The minimum atomic E-state index is -0.739. The predicted molar refractivity (Wildman–Crippen MR) is 103 cm³/mol. The van der Waals surface area contributed by atoms with Crippen LogP contribution in [0, 0.1) is 0 Å². The topological polar surface area (TPSA) is 94.2 Å². The molecule has 0 aromatic heterocycles. The van der Waals surface area contributed by atoms with Crippen LogP contribution in [0.1, 0.15) is 38.2 Å². The average Bonchev–Trinajstić information content (AvgIpc) is 2.69. The maximum absolute atomic E-state index is 12.8. The van der Waals surface area contributed by atoms with Crippen molar-refractivity contribution in [3.05, 3.63) is 23.3 Å². The maximum atomic E-state index is 12.8. The molecule has 1 N–H and O–H groups in total. The van der Waals surface area contributed by atoms with E-state index in [1.165, 1.54) is 27.4 Å². The number of urea groups is 1. The summed E-state index contributed by atoms with van der Waals surface area (Å²) >= 11 is 0. The Morgan fingerprint density at radius 2 is 1.68 bits per heavy atom. The van der Waals surface area contributed by atoms with Crippen LogP contribution >= 0.6 is 0 Å². The zero-order chi connectivity index (χ0) is 20.7. The van der Waals surface area contributed by atoms with Gasteiger partial charge in [-0.1, -0.05) is 26.2 Å². The van der Waals surface area contributed by atoms with Crippen LogP contribution in [0.2, 0.25) is 0 Å². The Hall–Kier alpha value is -3.03. The van der Waals surface area contributed by atoms with Crippen LogP contribution in [0.5, 0.6) is 17.2 Å². The van der Waals surface area contributed by atoms with Gasteiger partial charge in [0.15, 0.2) is 11.5 Å². The minimum Gasteiger partial charge on any atom is -0.493 e. The first-order valence-corrected chi connectivity index (χ1v) is 9.16. The molecule has 0 unspecified atom stereocenters. The second kappa shape index (κ2) is 9.77. The molecule has 152 valence electrons. The van der Waals surface area contributed by atoms with Crippen LogP contribution in [-0.2, 0) is 9.59 Å². The van der Waals surface area contributed by atoms with Crippen LogP contribution in [0.3, 0.4) is 0 Å². The van der Waals surface area contributed by atoms with Crippen molar-refractivity contribution < 1.29 is 28.6 Å². The molecule has 0 bridgehead atoms. The number of nitrogens with zero attached hydrogens (tertiary/aromatic N) is 1. The van der Waals surface area contributed by atoms with Crippen LogP contribution in [0.15, 0.2) is 17.7 Å². The Balaban J connectivity index is 2.36. The Bertz CT molecular complexity index is 787. The summed E-state index contributed by atoms with van der Waals surface area (Å²) in [5, 5.41) is 2.22. The number of ether oxygens (including phenoxy) is 3. The van der Waals surface area contributed by atoms with E-state index in [4.69, 9.17) is 14.2 Å². The molecule has 0 atom stereocenters. The molecule has 1 aliphatic rings. The summed E-state index contributed by atoms with van der Waals surface area (Å²) in [5.41, 5.74) is 0.319. The normalized spacial score (nSPS) is 15.6. The standard InChI is InChI=1S/C20H26N2O6/c1-5-6-7-8-11-22-19(24)14(18(23)21-20(22)25)12-13-9-10-15(26-2)17(28-4)16(13)27-3/h9-10,12H,5-8,11H2,1-4H3,(H,21,23,25). The molecule has 4 amide bonds. The van der Waals surface area contributed by atoms with Crippen molar-refractivity contribution in [1.82, 2.24) is 10.2 Å². The first kappa shape index (κ1) is 21.3. The number of nitrogens with one attached hydrogen (secondary N) is 1. The number of carbonyl (C=O) groups excluding carboxylic acids is 3. The number of hydrogen-bond acceptors (Lipinski definition) is 6. The van der Waals surface area contributed by atoms with Gasteiger partial charge in [0.05, 0.1) is 21.3 Å². The van der Waals surface area contributed by atoms with Crippen molar-refractivity contribution in [1.29, 1.82) is 0 Å². The van der Waals surface area contributed by atoms with E-state index < -0.39 is 17.8 Å². The fourth-order valence-corrected chi connectivity index (χ4v) is 2.99. The zero-order valence-corrected chi connectivity index (χ0v) is 16.7. The lowest BCUT2D eigenvalue weighted by molar-refractivity contribution is -0.130. The molecule has 0 radical (unpaired) electrons. The Kier molecular flexibility index (Phi) is 7.43. The van der Waals surface area contributed by atoms with E-state index in [1.807, 2.05) is 0 Å². The van der Waals surface area contributed by atoms with Gasteiger partial charge in [-0.15, -0.1) is 0 Å². The number of benzene rings is 1. The summed E-state index contributed by atoms with van der Waals surface area (Å²) in [7, 11) is 4.41. The molecule has 1 fully saturated rings. The van der Waals surface area contributed by atoms with E-state index in [0.717, 1.165) is 24.2 Å². The SMILES string of the molecule is CCCCCCN1C(=O)NC(=O)C(=Cc2ccc(OC)c(OC)c2OC)C1=O. The number of carbonyl (C=O) groups is 3. The van der Waals surface area contributed by atoms with Crippen molar-refractivity contribution >= 4 is 23.9 Å². The number of barbiturate groups is 1. The first-order valence-electron chi connectivity index (χ1n) is 9.16. The van der Waals surface area contributed by atoms with Crippen molar-refractivity contribution in [3.8, 4) is 17.2 Å². The van der Waals surface area contributed by atoms with Gasteiger partial charge in [-0.25, -0.2) is 4.79 Å². The highest BCUT2D eigenvalue weighted by molar-refractivity contribution is 6.31. The smallest absolute Gasteiger partial charge is 0.331 e. The number of hydrogen-bond donors (Lipinski definition) is 1. The highest BCUT2D eigenvalue weighted by atomic mass is 16.5. The van der Waals surface area contributed by atoms with Crippen molar-refractivity contribution in [2.24, 2.45) is 0 Å². The van der Waals surface area contributed by atoms with E-state index in [-0.39, 0.29) is 12.1 Å². The summed E-state index contributed by atoms with van der Waals surface area (Å²) < 4.78 is 16.0.